The lowest BCUT2D eigenvalue weighted by molar-refractivity contribution is -0.142. The van der Waals surface area contributed by atoms with Crippen molar-refractivity contribution in [2.75, 3.05) is 13.1 Å². The molecule has 0 bridgehead atoms. The van der Waals surface area contributed by atoms with Gasteiger partial charge >= 0.3 is 12.0 Å². The van der Waals surface area contributed by atoms with E-state index in [0.29, 0.717) is 25.9 Å². The second-order valence-electron chi connectivity index (χ2n) is 5.79. The zero-order chi connectivity index (χ0) is 15.4. The molecule has 7 nitrogen and oxygen atoms in total. The summed E-state index contributed by atoms with van der Waals surface area (Å²) < 4.78 is 0. The molecule has 3 N–H and O–H groups in total. The van der Waals surface area contributed by atoms with Gasteiger partial charge in [0, 0.05) is 13.1 Å². The molecule has 0 aromatic heterocycles. The topological polar surface area (TPSA) is 104 Å². The second-order valence-corrected chi connectivity index (χ2v) is 5.79. The number of aliphatic carboxylic acids is 1. The van der Waals surface area contributed by atoms with Crippen molar-refractivity contribution in [2.24, 2.45) is 5.73 Å². The third kappa shape index (κ3) is 3.46. The summed E-state index contributed by atoms with van der Waals surface area (Å²) in [6.07, 6.45) is 5.24. The summed E-state index contributed by atoms with van der Waals surface area (Å²) in [5, 5.41) is 9.35. The largest absolute Gasteiger partial charge is 0.480 e. The molecule has 2 fully saturated rings. The van der Waals surface area contributed by atoms with Crippen LogP contribution in [0.25, 0.3) is 0 Å². The second kappa shape index (κ2) is 6.78. The first-order valence-electron chi connectivity index (χ1n) is 7.61. The summed E-state index contributed by atoms with van der Waals surface area (Å²) in [7, 11) is 0. The van der Waals surface area contributed by atoms with Crippen LogP contribution in [0.1, 0.15) is 44.9 Å². The minimum absolute atomic E-state index is 0.354. The van der Waals surface area contributed by atoms with Crippen LogP contribution in [-0.4, -0.2) is 58.0 Å². The lowest BCUT2D eigenvalue weighted by Gasteiger charge is -2.38. The van der Waals surface area contributed by atoms with E-state index in [9.17, 15) is 19.5 Å². The van der Waals surface area contributed by atoms with Crippen LogP contribution in [0.3, 0.4) is 0 Å². The number of urea groups is 1. The fraction of sp³-hybridized carbons (Fsp3) is 0.786. The van der Waals surface area contributed by atoms with E-state index < -0.39 is 24.0 Å². The predicted octanol–water partition coefficient (Wildman–Crippen LogP) is 0.775. The third-order valence-corrected chi connectivity index (χ3v) is 4.36. The first-order chi connectivity index (χ1) is 10.0. The van der Waals surface area contributed by atoms with Gasteiger partial charge in [0.2, 0.25) is 5.91 Å². The standard InChI is InChI=1S/C14H23N3O4/c15-12(18)10-6-3-5-9-16(10)14(21)17-8-4-1-2-7-11(17)13(19)20/h10-11H,1-9H2,(H2,15,18)(H,19,20). The molecule has 2 aliphatic rings. The van der Waals surface area contributed by atoms with Crippen LogP contribution in [0.4, 0.5) is 4.79 Å². The number of carboxylic acid groups (broad SMARTS) is 1. The molecule has 2 aliphatic heterocycles. The summed E-state index contributed by atoms with van der Waals surface area (Å²) in [5.41, 5.74) is 5.38. The minimum Gasteiger partial charge on any atom is -0.480 e. The molecule has 21 heavy (non-hydrogen) atoms. The Morgan fingerprint density at radius 3 is 2.00 bits per heavy atom. The molecule has 0 aromatic rings. The lowest BCUT2D eigenvalue weighted by Crippen LogP contribution is -2.57. The molecule has 2 saturated heterocycles. The summed E-state index contributed by atoms with van der Waals surface area (Å²) in [6.45, 7) is 0.896. The number of primary amides is 1. The van der Waals surface area contributed by atoms with Crippen molar-refractivity contribution in [2.45, 2.75) is 57.0 Å². The Morgan fingerprint density at radius 1 is 0.857 bits per heavy atom. The molecule has 3 amide bonds. The molecule has 2 unspecified atom stereocenters. The molecule has 0 aliphatic carbocycles. The SMILES string of the molecule is NC(=O)C1CCCCN1C(=O)N1CCCCCC1C(=O)O. The molecule has 2 rings (SSSR count). The van der Waals surface area contributed by atoms with Crippen LogP contribution in [0.5, 0.6) is 0 Å². The lowest BCUT2D eigenvalue weighted by atomic mass is 10.0. The highest BCUT2D eigenvalue weighted by molar-refractivity contribution is 5.88. The van der Waals surface area contributed by atoms with Gasteiger partial charge in [-0.3, -0.25) is 4.79 Å². The van der Waals surface area contributed by atoms with Gasteiger partial charge in [-0.15, -0.1) is 0 Å². The highest BCUT2D eigenvalue weighted by Crippen LogP contribution is 2.23. The Bertz CT molecular complexity index is 426. The number of nitrogens with two attached hydrogens (primary N) is 1. The smallest absolute Gasteiger partial charge is 0.326 e. The number of carbonyl (C=O) groups excluding carboxylic acids is 2. The van der Waals surface area contributed by atoms with Crippen molar-refractivity contribution >= 4 is 17.9 Å². The van der Waals surface area contributed by atoms with Crippen LogP contribution in [0.2, 0.25) is 0 Å². The number of carboxylic acids is 1. The van der Waals surface area contributed by atoms with Crippen LogP contribution in [0.15, 0.2) is 0 Å². The minimum atomic E-state index is -0.974. The van der Waals surface area contributed by atoms with Gasteiger partial charge in [-0.25, -0.2) is 9.59 Å². The fourth-order valence-electron chi connectivity index (χ4n) is 3.22. The van der Waals surface area contributed by atoms with E-state index in [0.717, 1.165) is 32.1 Å². The number of amides is 3. The molecule has 0 spiro atoms. The highest BCUT2D eigenvalue weighted by Gasteiger charge is 2.38. The van der Waals surface area contributed by atoms with E-state index in [1.165, 1.54) is 9.80 Å². The first kappa shape index (κ1) is 15.6. The van der Waals surface area contributed by atoms with Crippen molar-refractivity contribution in [3.63, 3.8) is 0 Å². The quantitative estimate of drug-likeness (QED) is 0.785. The predicted molar refractivity (Wildman–Crippen MR) is 75.5 cm³/mol. The monoisotopic (exact) mass is 297 g/mol. The van der Waals surface area contributed by atoms with Gasteiger partial charge in [-0.2, -0.15) is 0 Å². The van der Waals surface area contributed by atoms with Crippen molar-refractivity contribution in [3.05, 3.63) is 0 Å². The maximum atomic E-state index is 12.7. The van der Waals surface area contributed by atoms with Gasteiger partial charge in [-0.05, 0) is 32.1 Å². The molecular formula is C14H23N3O4. The van der Waals surface area contributed by atoms with Crippen LogP contribution in [-0.2, 0) is 9.59 Å². The molecule has 7 heteroatoms. The number of hydrogen-bond donors (Lipinski definition) is 2. The Kier molecular flexibility index (Phi) is 5.03. The van der Waals surface area contributed by atoms with Gasteiger partial charge in [0.15, 0.2) is 0 Å². The Balaban J connectivity index is 2.18. The molecule has 0 saturated carbocycles. The Hall–Kier alpha value is -1.79. The van der Waals surface area contributed by atoms with Crippen molar-refractivity contribution in [1.82, 2.24) is 9.80 Å². The van der Waals surface area contributed by atoms with E-state index in [1.807, 2.05) is 0 Å². The summed E-state index contributed by atoms with van der Waals surface area (Å²) in [6, 6.07) is -1.76. The molecule has 2 atom stereocenters. The molecule has 0 aromatic carbocycles. The maximum Gasteiger partial charge on any atom is 0.326 e. The van der Waals surface area contributed by atoms with E-state index in [-0.39, 0.29) is 6.03 Å². The number of likely N-dealkylation sites (tertiary alicyclic amines) is 2. The maximum absolute atomic E-state index is 12.7. The van der Waals surface area contributed by atoms with Gasteiger partial charge in [0.25, 0.3) is 0 Å². The summed E-state index contributed by atoms with van der Waals surface area (Å²) in [5.74, 6) is -1.48. The number of hydrogen-bond acceptors (Lipinski definition) is 3. The van der Waals surface area contributed by atoms with Gasteiger partial charge in [0.05, 0.1) is 0 Å². The zero-order valence-electron chi connectivity index (χ0n) is 12.2. The number of nitrogens with zero attached hydrogens (tertiary/aromatic N) is 2. The van der Waals surface area contributed by atoms with Crippen LogP contribution < -0.4 is 5.73 Å². The average molecular weight is 297 g/mol. The van der Waals surface area contributed by atoms with E-state index in [4.69, 9.17) is 5.73 Å². The normalized spacial score (nSPS) is 27.0. The van der Waals surface area contributed by atoms with Crippen LogP contribution >= 0.6 is 0 Å². The Labute approximate surface area is 124 Å². The van der Waals surface area contributed by atoms with Gasteiger partial charge < -0.3 is 20.6 Å². The fourth-order valence-corrected chi connectivity index (χ4v) is 3.22. The molecular weight excluding hydrogens is 274 g/mol. The van der Waals surface area contributed by atoms with Gasteiger partial charge in [-0.1, -0.05) is 12.8 Å². The first-order valence-corrected chi connectivity index (χ1v) is 7.61. The zero-order valence-corrected chi connectivity index (χ0v) is 12.2. The molecule has 2 heterocycles. The summed E-state index contributed by atoms with van der Waals surface area (Å²) >= 11 is 0. The summed E-state index contributed by atoms with van der Waals surface area (Å²) in [4.78, 5) is 38.5. The van der Waals surface area contributed by atoms with Gasteiger partial charge in [0.1, 0.15) is 12.1 Å². The van der Waals surface area contributed by atoms with Crippen molar-refractivity contribution in [3.8, 4) is 0 Å². The van der Waals surface area contributed by atoms with E-state index in [1.54, 1.807) is 0 Å². The average Bonchev–Trinajstić information content (AvgIpc) is 2.72. The van der Waals surface area contributed by atoms with E-state index in [2.05, 4.69) is 0 Å². The van der Waals surface area contributed by atoms with Crippen molar-refractivity contribution < 1.29 is 19.5 Å². The highest BCUT2D eigenvalue weighted by atomic mass is 16.4. The number of carbonyl (C=O) groups is 3. The Morgan fingerprint density at radius 2 is 1.38 bits per heavy atom. The molecule has 0 radical (unpaired) electrons. The van der Waals surface area contributed by atoms with Crippen LogP contribution in [0, 0.1) is 0 Å². The molecule has 118 valence electrons. The van der Waals surface area contributed by atoms with Crippen molar-refractivity contribution in [1.29, 1.82) is 0 Å². The number of rotatable bonds is 2. The third-order valence-electron chi connectivity index (χ3n) is 4.36. The number of piperidine rings is 1. The van der Waals surface area contributed by atoms with E-state index >= 15 is 0 Å².